The molecule has 1 atom stereocenters. The van der Waals surface area contributed by atoms with Crippen LogP contribution in [0.5, 0.6) is 0 Å². The van der Waals surface area contributed by atoms with E-state index in [1.807, 2.05) is 6.92 Å². The molecule has 0 aliphatic carbocycles. The van der Waals surface area contributed by atoms with Gasteiger partial charge < -0.3 is 0 Å². The van der Waals surface area contributed by atoms with Crippen molar-refractivity contribution in [2.75, 3.05) is 0 Å². The smallest absolute Gasteiger partial charge is 0.263 e. The van der Waals surface area contributed by atoms with Crippen molar-refractivity contribution < 1.29 is 9.59 Å². The van der Waals surface area contributed by atoms with Crippen LogP contribution >= 0.6 is 0 Å². The molecule has 2 aliphatic rings. The number of rotatable bonds is 1. The summed E-state index contributed by atoms with van der Waals surface area (Å²) in [6, 6.07) is 6.88. The Labute approximate surface area is 92.6 Å². The standard InChI is InChI=1S/C12H10N2O2/c1-7-12(2,13-7)14-10(15)8-5-3-4-6-9(8)11(14)16/h3-6H,1-2H3. The lowest BCUT2D eigenvalue weighted by molar-refractivity contribution is 0.0585. The minimum atomic E-state index is -0.715. The van der Waals surface area contributed by atoms with E-state index < -0.39 is 5.66 Å². The van der Waals surface area contributed by atoms with Crippen molar-refractivity contribution in [1.29, 1.82) is 0 Å². The Balaban J connectivity index is 2.09. The van der Waals surface area contributed by atoms with E-state index in [0.717, 1.165) is 5.71 Å². The van der Waals surface area contributed by atoms with Crippen LogP contribution in [0.15, 0.2) is 29.3 Å². The van der Waals surface area contributed by atoms with Crippen LogP contribution in [0.2, 0.25) is 0 Å². The monoisotopic (exact) mass is 214 g/mol. The van der Waals surface area contributed by atoms with Crippen LogP contribution in [0.1, 0.15) is 34.6 Å². The molecule has 0 N–H and O–H groups in total. The van der Waals surface area contributed by atoms with E-state index in [-0.39, 0.29) is 11.8 Å². The third kappa shape index (κ3) is 0.913. The summed E-state index contributed by atoms with van der Waals surface area (Å²) in [5.41, 5.74) is 1.06. The first kappa shape index (κ1) is 9.27. The zero-order valence-corrected chi connectivity index (χ0v) is 9.02. The average Bonchev–Trinajstić information content (AvgIpc) is 2.77. The number of hydrogen-bond donors (Lipinski definition) is 0. The van der Waals surface area contributed by atoms with E-state index in [9.17, 15) is 9.59 Å². The van der Waals surface area contributed by atoms with Crippen molar-refractivity contribution in [3.63, 3.8) is 0 Å². The molecule has 1 aromatic rings. The molecular formula is C12H10N2O2. The van der Waals surface area contributed by atoms with Crippen LogP contribution in [0.25, 0.3) is 0 Å². The van der Waals surface area contributed by atoms with Gasteiger partial charge in [-0.15, -0.1) is 0 Å². The Morgan fingerprint density at radius 3 is 1.94 bits per heavy atom. The van der Waals surface area contributed by atoms with Crippen LogP contribution in [0, 0.1) is 0 Å². The van der Waals surface area contributed by atoms with Gasteiger partial charge in [-0.3, -0.25) is 14.6 Å². The van der Waals surface area contributed by atoms with Gasteiger partial charge in [0.25, 0.3) is 11.8 Å². The predicted molar refractivity (Wildman–Crippen MR) is 58.5 cm³/mol. The Bertz CT molecular complexity index is 527. The zero-order valence-electron chi connectivity index (χ0n) is 9.02. The first-order chi connectivity index (χ1) is 7.55. The predicted octanol–water partition coefficient (Wildman–Crippen LogP) is 1.47. The van der Waals surface area contributed by atoms with Crippen molar-refractivity contribution in [1.82, 2.24) is 4.90 Å². The highest BCUT2D eigenvalue weighted by molar-refractivity contribution is 6.25. The van der Waals surface area contributed by atoms with Crippen molar-refractivity contribution in [2.45, 2.75) is 19.5 Å². The van der Waals surface area contributed by atoms with E-state index in [1.165, 1.54) is 4.90 Å². The maximum Gasteiger partial charge on any atom is 0.263 e. The number of amides is 2. The fourth-order valence-corrected chi connectivity index (χ4v) is 2.10. The van der Waals surface area contributed by atoms with Gasteiger partial charge in [-0.1, -0.05) is 12.1 Å². The largest absolute Gasteiger partial charge is 0.268 e. The summed E-state index contributed by atoms with van der Waals surface area (Å²) < 4.78 is 0. The summed E-state index contributed by atoms with van der Waals surface area (Å²) in [6.07, 6.45) is 0. The minimum absolute atomic E-state index is 0.247. The molecule has 0 bridgehead atoms. The normalized spacial score (nSPS) is 26.9. The molecule has 2 amide bonds. The molecule has 1 unspecified atom stereocenters. The van der Waals surface area contributed by atoms with Crippen LogP contribution in [0.3, 0.4) is 0 Å². The van der Waals surface area contributed by atoms with Crippen LogP contribution < -0.4 is 0 Å². The van der Waals surface area contributed by atoms with Gasteiger partial charge in [0, 0.05) is 0 Å². The topological polar surface area (TPSA) is 49.7 Å². The number of hydrogen-bond acceptors (Lipinski definition) is 3. The van der Waals surface area contributed by atoms with Crippen molar-refractivity contribution >= 4 is 17.5 Å². The number of nitrogens with zero attached hydrogens (tertiary/aromatic N) is 2. The summed E-state index contributed by atoms with van der Waals surface area (Å²) in [4.78, 5) is 29.5. The molecule has 16 heavy (non-hydrogen) atoms. The average molecular weight is 214 g/mol. The first-order valence-electron chi connectivity index (χ1n) is 5.10. The molecule has 4 heteroatoms. The molecule has 4 nitrogen and oxygen atoms in total. The summed E-state index contributed by atoms with van der Waals surface area (Å²) in [5, 5.41) is 0. The summed E-state index contributed by atoms with van der Waals surface area (Å²) in [6.45, 7) is 3.60. The first-order valence-corrected chi connectivity index (χ1v) is 5.10. The second-order valence-corrected chi connectivity index (χ2v) is 4.21. The lowest BCUT2D eigenvalue weighted by atomic mass is 10.1. The third-order valence-corrected chi connectivity index (χ3v) is 3.25. The molecule has 1 aromatic carbocycles. The number of carbonyl (C=O) groups excluding carboxylic acids is 2. The SMILES string of the molecule is CC1=NC1(C)N1C(=O)c2ccccc2C1=O. The van der Waals surface area contributed by atoms with Gasteiger partial charge in [0.15, 0.2) is 5.66 Å². The van der Waals surface area contributed by atoms with Gasteiger partial charge in [-0.2, -0.15) is 0 Å². The molecule has 2 aliphatic heterocycles. The van der Waals surface area contributed by atoms with Crippen LogP contribution in [-0.2, 0) is 0 Å². The molecule has 0 fully saturated rings. The Morgan fingerprint density at radius 2 is 1.56 bits per heavy atom. The van der Waals surface area contributed by atoms with Crippen LogP contribution in [-0.4, -0.2) is 28.1 Å². The second kappa shape index (κ2) is 2.58. The molecule has 0 spiro atoms. The minimum Gasteiger partial charge on any atom is -0.268 e. The lowest BCUT2D eigenvalue weighted by Crippen LogP contribution is -2.43. The fourth-order valence-electron chi connectivity index (χ4n) is 2.10. The van der Waals surface area contributed by atoms with E-state index in [1.54, 1.807) is 31.2 Å². The summed E-state index contributed by atoms with van der Waals surface area (Å²) in [5.74, 6) is -0.493. The maximum atomic E-state index is 12.1. The highest BCUT2D eigenvalue weighted by Gasteiger charge is 2.54. The van der Waals surface area contributed by atoms with Crippen molar-refractivity contribution in [2.24, 2.45) is 4.99 Å². The Hall–Kier alpha value is -1.97. The molecule has 80 valence electrons. The third-order valence-electron chi connectivity index (χ3n) is 3.25. The van der Waals surface area contributed by atoms with E-state index in [4.69, 9.17) is 0 Å². The van der Waals surface area contributed by atoms with E-state index >= 15 is 0 Å². The lowest BCUT2D eigenvalue weighted by Gasteiger charge is -2.20. The van der Waals surface area contributed by atoms with Crippen molar-refractivity contribution in [3.8, 4) is 0 Å². The van der Waals surface area contributed by atoms with E-state index in [0.29, 0.717) is 11.1 Å². The number of imide groups is 1. The molecule has 2 heterocycles. The van der Waals surface area contributed by atoms with Crippen molar-refractivity contribution in [3.05, 3.63) is 35.4 Å². The molecule has 0 saturated heterocycles. The number of carbonyl (C=O) groups is 2. The quantitative estimate of drug-likeness (QED) is 0.665. The highest BCUT2D eigenvalue weighted by Crippen LogP contribution is 2.37. The fraction of sp³-hybridized carbons (Fsp3) is 0.250. The van der Waals surface area contributed by atoms with Gasteiger partial charge >= 0.3 is 0 Å². The Morgan fingerprint density at radius 1 is 1.12 bits per heavy atom. The zero-order chi connectivity index (χ0) is 11.5. The van der Waals surface area contributed by atoms with Gasteiger partial charge in [-0.05, 0) is 26.0 Å². The van der Waals surface area contributed by atoms with Gasteiger partial charge in [0.05, 0.1) is 16.8 Å². The maximum absolute atomic E-state index is 12.1. The number of benzene rings is 1. The van der Waals surface area contributed by atoms with Gasteiger partial charge in [0.1, 0.15) is 0 Å². The molecular weight excluding hydrogens is 204 g/mol. The summed E-state index contributed by atoms with van der Waals surface area (Å²) in [7, 11) is 0. The van der Waals surface area contributed by atoms with E-state index in [2.05, 4.69) is 4.99 Å². The second-order valence-electron chi connectivity index (χ2n) is 4.21. The summed E-state index contributed by atoms with van der Waals surface area (Å²) >= 11 is 0. The van der Waals surface area contributed by atoms with Gasteiger partial charge in [0.2, 0.25) is 0 Å². The highest BCUT2D eigenvalue weighted by atomic mass is 16.2. The molecule has 3 rings (SSSR count). The van der Waals surface area contributed by atoms with Crippen LogP contribution in [0.4, 0.5) is 0 Å². The van der Waals surface area contributed by atoms with Gasteiger partial charge in [-0.25, -0.2) is 4.90 Å². The Kier molecular flexibility index (Phi) is 1.50. The molecule has 0 aromatic heterocycles. The number of aliphatic imine (C=N–C) groups is 1. The molecule has 0 saturated carbocycles. The number of fused-ring (bicyclic) bond motifs is 1. The molecule has 0 radical (unpaired) electrons.